The van der Waals surface area contributed by atoms with Gasteiger partial charge >= 0.3 is 0 Å². The van der Waals surface area contributed by atoms with Gasteiger partial charge < -0.3 is 20.5 Å². The highest BCUT2D eigenvalue weighted by Crippen LogP contribution is 2.34. The Hall–Kier alpha value is -2.79. The van der Waals surface area contributed by atoms with Gasteiger partial charge in [0.05, 0.1) is 25.1 Å². The molecule has 0 aliphatic carbocycles. The molecule has 0 aliphatic heterocycles. The van der Waals surface area contributed by atoms with Crippen LogP contribution in [0.2, 0.25) is 0 Å². The third kappa shape index (κ3) is 7.72. The Labute approximate surface area is 198 Å². The molecular formula is C27H38N2O2S. The van der Waals surface area contributed by atoms with E-state index in [1.807, 2.05) is 75.7 Å². The molecule has 3 aromatic carbocycles. The molecule has 174 valence electrons. The molecule has 0 bridgehead atoms. The number of para-hydroxylation sites is 1. The standard InChI is InChI=1S/C23H26N2O2.C2H6S.C2H6/c1-4-27-22-14-17(12-13-21(22)26-3)15-25-20-11-7-10-19(23(20)24)18-9-6-5-8-16(18)2;1-3-2;1-2/h5-14,25H,4,15,24H2,1-3H3;1-2H3;1-2H3. The first-order valence-electron chi connectivity index (χ1n) is 10.9. The Balaban J connectivity index is 0.000000944. The molecule has 0 amide bonds. The molecule has 0 fully saturated rings. The predicted octanol–water partition coefficient (Wildman–Crippen LogP) is 7.27. The minimum Gasteiger partial charge on any atom is -0.493 e. The van der Waals surface area contributed by atoms with E-state index >= 15 is 0 Å². The highest BCUT2D eigenvalue weighted by molar-refractivity contribution is 7.97. The lowest BCUT2D eigenvalue weighted by Gasteiger charge is -2.15. The van der Waals surface area contributed by atoms with Crippen molar-refractivity contribution in [3.8, 4) is 22.6 Å². The molecule has 0 heterocycles. The molecule has 0 aliphatic rings. The SMILES string of the molecule is CC.CCOc1cc(CNc2cccc(-c3ccccc3C)c2N)ccc1OC.CSC. The van der Waals surface area contributed by atoms with Gasteiger partial charge in [-0.25, -0.2) is 0 Å². The van der Waals surface area contributed by atoms with Crippen molar-refractivity contribution in [2.24, 2.45) is 0 Å². The van der Waals surface area contributed by atoms with Gasteiger partial charge in [0.25, 0.3) is 0 Å². The number of thioether (sulfide) groups is 1. The number of nitrogens with two attached hydrogens (primary N) is 1. The van der Waals surface area contributed by atoms with Crippen LogP contribution in [0.5, 0.6) is 11.5 Å². The van der Waals surface area contributed by atoms with E-state index in [-0.39, 0.29) is 0 Å². The Morgan fingerprint density at radius 3 is 2.19 bits per heavy atom. The topological polar surface area (TPSA) is 56.5 Å². The van der Waals surface area contributed by atoms with Crippen LogP contribution < -0.4 is 20.5 Å². The molecule has 0 radical (unpaired) electrons. The fraction of sp³-hybridized carbons (Fsp3) is 0.333. The maximum atomic E-state index is 6.46. The quantitative estimate of drug-likeness (QED) is 0.368. The van der Waals surface area contributed by atoms with Crippen molar-refractivity contribution >= 4 is 23.1 Å². The maximum absolute atomic E-state index is 6.46. The molecule has 3 N–H and O–H groups in total. The number of nitrogens with one attached hydrogen (secondary N) is 1. The lowest BCUT2D eigenvalue weighted by molar-refractivity contribution is 0.310. The first-order chi connectivity index (χ1) is 15.5. The number of anilines is 2. The summed E-state index contributed by atoms with van der Waals surface area (Å²) in [6, 6.07) is 20.3. The Bertz CT molecular complexity index is 945. The minimum absolute atomic E-state index is 0.596. The van der Waals surface area contributed by atoms with Crippen molar-refractivity contribution in [3.63, 3.8) is 0 Å². The molecule has 4 nitrogen and oxygen atoms in total. The summed E-state index contributed by atoms with van der Waals surface area (Å²) in [6.07, 6.45) is 4.08. The van der Waals surface area contributed by atoms with E-state index in [0.717, 1.165) is 39.6 Å². The molecule has 0 atom stereocenters. The van der Waals surface area contributed by atoms with E-state index in [1.54, 1.807) is 18.9 Å². The molecule has 0 spiro atoms. The van der Waals surface area contributed by atoms with Crippen LogP contribution in [-0.4, -0.2) is 26.2 Å². The van der Waals surface area contributed by atoms with E-state index in [2.05, 4.69) is 30.4 Å². The van der Waals surface area contributed by atoms with Crippen LogP contribution in [0.4, 0.5) is 11.4 Å². The van der Waals surface area contributed by atoms with Gasteiger partial charge in [-0.3, -0.25) is 0 Å². The van der Waals surface area contributed by atoms with Crippen LogP contribution in [0, 0.1) is 6.92 Å². The summed E-state index contributed by atoms with van der Waals surface area (Å²) in [5, 5.41) is 3.44. The van der Waals surface area contributed by atoms with Crippen molar-refractivity contribution in [1.82, 2.24) is 0 Å². The highest BCUT2D eigenvalue weighted by atomic mass is 32.2. The number of benzene rings is 3. The molecule has 0 aromatic heterocycles. The monoisotopic (exact) mass is 454 g/mol. The van der Waals surface area contributed by atoms with Crippen molar-refractivity contribution in [2.45, 2.75) is 34.2 Å². The van der Waals surface area contributed by atoms with Gasteiger partial charge in [-0.05, 0) is 61.2 Å². The summed E-state index contributed by atoms with van der Waals surface area (Å²) in [5.74, 6) is 1.49. The van der Waals surface area contributed by atoms with Crippen molar-refractivity contribution < 1.29 is 9.47 Å². The van der Waals surface area contributed by atoms with Crippen LogP contribution >= 0.6 is 11.8 Å². The lowest BCUT2D eigenvalue weighted by Crippen LogP contribution is -2.04. The molecule has 32 heavy (non-hydrogen) atoms. The molecule has 5 heteroatoms. The van der Waals surface area contributed by atoms with Crippen LogP contribution in [0.15, 0.2) is 60.7 Å². The molecule has 0 saturated heterocycles. The van der Waals surface area contributed by atoms with Gasteiger partial charge in [0, 0.05) is 12.1 Å². The Morgan fingerprint density at radius 1 is 0.906 bits per heavy atom. The highest BCUT2D eigenvalue weighted by Gasteiger charge is 2.10. The molecule has 3 rings (SSSR count). The largest absolute Gasteiger partial charge is 0.493 e. The zero-order chi connectivity index (χ0) is 23.9. The summed E-state index contributed by atoms with van der Waals surface area (Å²) in [4.78, 5) is 0. The van der Waals surface area contributed by atoms with Crippen molar-refractivity contribution in [3.05, 3.63) is 71.8 Å². The first-order valence-corrected chi connectivity index (χ1v) is 12.6. The van der Waals surface area contributed by atoms with E-state index in [9.17, 15) is 0 Å². The number of hydrogen-bond acceptors (Lipinski definition) is 5. The number of ether oxygens (including phenoxy) is 2. The zero-order valence-corrected chi connectivity index (χ0v) is 21.3. The second-order valence-corrected chi connectivity index (χ2v) is 7.58. The summed E-state index contributed by atoms with van der Waals surface area (Å²) in [5.41, 5.74) is 12.6. The molecular weight excluding hydrogens is 416 g/mol. The first kappa shape index (κ1) is 27.2. The summed E-state index contributed by atoms with van der Waals surface area (Å²) in [7, 11) is 1.65. The number of nitrogen functional groups attached to an aromatic ring is 1. The number of aryl methyl sites for hydroxylation is 1. The van der Waals surface area contributed by atoms with E-state index < -0.39 is 0 Å². The minimum atomic E-state index is 0.596. The van der Waals surface area contributed by atoms with Gasteiger partial charge in [-0.2, -0.15) is 11.8 Å². The lowest BCUT2D eigenvalue weighted by atomic mass is 9.98. The van der Waals surface area contributed by atoms with Crippen LogP contribution in [0.1, 0.15) is 31.9 Å². The second-order valence-electron chi connectivity index (χ2n) is 6.76. The van der Waals surface area contributed by atoms with Crippen molar-refractivity contribution in [2.75, 3.05) is 37.3 Å². The van der Waals surface area contributed by atoms with Gasteiger partial charge in [0.15, 0.2) is 11.5 Å². The van der Waals surface area contributed by atoms with E-state index in [1.165, 1.54) is 5.56 Å². The average molecular weight is 455 g/mol. The predicted molar refractivity (Wildman–Crippen MR) is 143 cm³/mol. The van der Waals surface area contributed by atoms with E-state index in [0.29, 0.717) is 13.2 Å². The molecule has 3 aromatic rings. The fourth-order valence-corrected chi connectivity index (χ4v) is 3.13. The van der Waals surface area contributed by atoms with Crippen LogP contribution in [0.25, 0.3) is 11.1 Å². The van der Waals surface area contributed by atoms with Gasteiger partial charge in [0.1, 0.15) is 0 Å². The van der Waals surface area contributed by atoms with Crippen LogP contribution in [0.3, 0.4) is 0 Å². The van der Waals surface area contributed by atoms with Gasteiger partial charge in [-0.1, -0.05) is 56.3 Å². The number of methoxy groups -OCH3 is 1. The number of hydrogen-bond donors (Lipinski definition) is 2. The third-order valence-electron chi connectivity index (χ3n) is 4.55. The van der Waals surface area contributed by atoms with Crippen molar-refractivity contribution in [1.29, 1.82) is 0 Å². The normalized spacial score (nSPS) is 9.59. The maximum Gasteiger partial charge on any atom is 0.161 e. The molecule has 0 unspecified atom stereocenters. The smallest absolute Gasteiger partial charge is 0.161 e. The fourth-order valence-electron chi connectivity index (χ4n) is 3.13. The summed E-state index contributed by atoms with van der Waals surface area (Å²) >= 11 is 1.75. The average Bonchev–Trinajstić information content (AvgIpc) is 2.81. The third-order valence-corrected chi connectivity index (χ3v) is 4.55. The van der Waals surface area contributed by atoms with Gasteiger partial charge in [0.2, 0.25) is 0 Å². The Morgan fingerprint density at radius 2 is 1.56 bits per heavy atom. The second kappa shape index (κ2) is 15.1. The van der Waals surface area contributed by atoms with E-state index in [4.69, 9.17) is 15.2 Å². The van der Waals surface area contributed by atoms with Gasteiger partial charge in [-0.15, -0.1) is 0 Å². The molecule has 0 saturated carbocycles. The summed E-state index contributed by atoms with van der Waals surface area (Å²) < 4.78 is 11.0. The number of rotatable bonds is 7. The Kier molecular flexibility index (Phi) is 12.8. The summed E-state index contributed by atoms with van der Waals surface area (Å²) in [6.45, 7) is 9.30. The zero-order valence-electron chi connectivity index (χ0n) is 20.5. The van der Waals surface area contributed by atoms with Crippen LogP contribution in [-0.2, 0) is 6.54 Å².